The van der Waals surface area contributed by atoms with Crippen LogP contribution in [-0.4, -0.2) is 92.1 Å². The number of fused-ring (bicyclic) bond motifs is 5. The Morgan fingerprint density at radius 1 is 0.951 bits per heavy atom. The maximum absolute atomic E-state index is 12.9. The fourth-order valence-electron chi connectivity index (χ4n) is 11.4. The number of quaternary nitrogens is 1. The predicted octanol–water partition coefficient (Wildman–Crippen LogP) is 5.20. The maximum atomic E-state index is 12.9. The Hall–Kier alpha value is -1.18. The van der Waals surface area contributed by atoms with Crippen LogP contribution in [0.2, 0.25) is 0 Å². The van der Waals surface area contributed by atoms with Gasteiger partial charge in [-0.05, 0) is 86.9 Å². The molecular weight excluding hydrogens is 516 g/mol. The third-order valence-corrected chi connectivity index (χ3v) is 13.6. The minimum absolute atomic E-state index is 0.00803. The van der Waals surface area contributed by atoms with Crippen molar-refractivity contribution < 1.29 is 28.3 Å². The minimum atomic E-state index is -0.141. The highest BCUT2D eigenvalue weighted by Crippen LogP contribution is 2.67. The Balaban J connectivity index is 1.29. The van der Waals surface area contributed by atoms with Gasteiger partial charge >= 0.3 is 11.9 Å². The molecule has 0 bridgehead atoms. The predicted molar refractivity (Wildman–Crippen MR) is 158 cm³/mol. The zero-order chi connectivity index (χ0) is 29.0. The fraction of sp³-hybridized carbons (Fsp3) is 0.941. The van der Waals surface area contributed by atoms with Crippen molar-refractivity contribution in [3.05, 3.63) is 0 Å². The number of nitrogens with zero attached hydrogens (tertiary/aromatic N) is 2. The molecule has 0 aromatic heterocycles. The van der Waals surface area contributed by atoms with Crippen LogP contribution >= 0.6 is 0 Å². The largest absolute Gasteiger partial charge is 0.461 e. The molecule has 0 N–H and O–H groups in total. The second-order valence-electron chi connectivity index (χ2n) is 15.6. The number of likely N-dealkylation sites (N-methyl/N-ethyl adjacent to an activating group) is 1. The van der Waals surface area contributed by atoms with Gasteiger partial charge in [-0.1, -0.05) is 20.8 Å². The molecule has 0 spiro atoms. The zero-order valence-corrected chi connectivity index (χ0v) is 26.6. The van der Waals surface area contributed by atoms with Gasteiger partial charge in [-0.2, -0.15) is 0 Å². The monoisotopic (exact) mass is 573 g/mol. The van der Waals surface area contributed by atoms with Crippen LogP contribution in [0.5, 0.6) is 0 Å². The van der Waals surface area contributed by atoms with E-state index < -0.39 is 0 Å². The van der Waals surface area contributed by atoms with E-state index >= 15 is 0 Å². The minimum Gasteiger partial charge on any atom is -0.461 e. The molecule has 2 heterocycles. The van der Waals surface area contributed by atoms with Crippen molar-refractivity contribution in [1.82, 2.24) is 4.90 Å². The number of rotatable bonds is 5. The van der Waals surface area contributed by atoms with E-state index in [4.69, 9.17) is 14.2 Å². The summed E-state index contributed by atoms with van der Waals surface area (Å²) in [5.41, 5.74) is 0.318. The zero-order valence-electron chi connectivity index (χ0n) is 26.6. The number of carbonyl (C=O) groups is 2. The van der Waals surface area contributed by atoms with E-state index in [0.717, 1.165) is 50.0 Å². The molecule has 10 atom stereocenters. The molecule has 232 valence electrons. The van der Waals surface area contributed by atoms with Gasteiger partial charge in [-0.15, -0.1) is 0 Å². The number of likely N-dealkylation sites (tertiary alicyclic amines) is 1. The number of ether oxygens (including phenoxy) is 3. The number of carbonyl (C=O) groups excluding carboxylic acids is 2. The van der Waals surface area contributed by atoms with Crippen LogP contribution < -0.4 is 0 Å². The first-order valence-electron chi connectivity index (χ1n) is 17.1. The average Bonchev–Trinajstić information content (AvgIpc) is 3.26. The molecule has 7 nitrogen and oxygen atoms in total. The molecule has 6 aliphatic rings. The van der Waals surface area contributed by atoms with Gasteiger partial charge in [-0.25, -0.2) is 0 Å². The topological polar surface area (TPSA) is 65.1 Å². The summed E-state index contributed by atoms with van der Waals surface area (Å²) in [4.78, 5) is 27.6. The van der Waals surface area contributed by atoms with Crippen LogP contribution in [0.25, 0.3) is 0 Å². The van der Waals surface area contributed by atoms with E-state index in [-0.39, 0.29) is 41.0 Å². The van der Waals surface area contributed by atoms with Crippen molar-refractivity contribution in [2.75, 3.05) is 46.4 Å². The summed E-state index contributed by atoms with van der Waals surface area (Å²) in [5.74, 6) is 2.44. The fourth-order valence-corrected chi connectivity index (χ4v) is 11.4. The summed E-state index contributed by atoms with van der Waals surface area (Å²) in [5, 5.41) is 0. The number of hydrogen-bond donors (Lipinski definition) is 0. The van der Waals surface area contributed by atoms with E-state index in [0.29, 0.717) is 36.1 Å². The average molecular weight is 574 g/mol. The molecule has 2 saturated heterocycles. The molecule has 2 aliphatic heterocycles. The van der Waals surface area contributed by atoms with Crippen molar-refractivity contribution in [3.63, 3.8) is 0 Å². The lowest BCUT2D eigenvalue weighted by atomic mass is 9.44. The quantitative estimate of drug-likeness (QED) is 0.333. The Morgan fingerprint density at radius 2 is 1.68 bits per heavy atom. The molecule has 7 heteroatoms. The molecule has 0 radical (unpaired) electrons. The third-order valence-electron chi connectivity index (χ3n) is 13.6. The van der Waals surface area contributed by atoms with Crippen LogP contribution in [-0.2, 0) is 23.8 Å². The summed E-state index contributed by atoms with van der Waals surface area (Å²) >= 11 is 0. The smallest absolute Gasteiger partial charge is 0.306 e. The van der Waals surface area contributed by atoms with E-state index in [1.807, 2.05) is 6.92 Å². The summed E-state index contributed by atoms with van der Waals surface area (Å²) < 4.78 is 19.4. The van der Waals surface area contributed by atoms with E-state index in [1.165, 1.54) is 58.0 Å². The van der Waals surface area contributed by atoms with Gasteiger partial charge in [0.2, 0.25) is 0 Å². The Labute approximate surface area is 248 Å². The number of piperidine rings is 1. The first-order valence-corrected chi connectivity index (χ1v) is 17.1. The van der Waals surface area contributed by atoms with Gasteiger partial charge in [0.25, 0.3) is 0 Å². The SMILES string of the molecule is CCC(=O)O[C@H]1[C@@H]([N+]2(C)CCCCC2)CC2C3CC[C@H]4C[C@H](OC(C)=O)[C@@H](N5CCOCC5)C[C@]4(C)C3CC[C@@]21C. The van der Waals surface area contributed by atoms with Crippen molar-refractivity contribution in [1.29, 1.82) is 0 Å². The first-order chi connectivity index (χ1) is 19.6. The summed E-state index contributed by atoms with van der Waals surface area (Å²) in [6.45, 7) is 14.5. The lowest BCUT2D eigenvalue weighted by molar-refractivity contribution is -0.940. The second kappa shape index (κ2) is 11.4. The highest BCUT2D eigenvalue weighted by molar-refractivity contribution is 5.69. The van der Waals surface area contributed by atoms with E-state index in [2.05, 4.69) is 25.8 Å². The Morgan fingerprint density at radius 3 is 2.37 bits per heavy atom. The lowest BCUT2D eigenvalue weighted by Gasteiger charge is -2.62. The summed E-state index contributed by atoms with van der Waals surface area (Å²) in [7, 11) is 2.47. The third kappa shape index (κ3) is 5.18. The number of esters is 2. The van der Waals surface area contributed by atoms with Gasteiger partial charge in [0, 0.05) is 44.3 Å². The molecule has 3 unspecified atom stereocenters. The molecule has 6 fully saturated rings. The molecule has 41 heavy (non-hydrogen) atoms. The molecular formula is C34H57N2O5+. The van der Waals surface area contributed by atoms with E-state index in [1.54, 1.807) is 6.92 Å². The highest BCUT2D eigenvalue weighted by Gasteiger charge is 2.67. The van der Waals surface area contributed by atoms with Gasteiger partial charge in [0.1, 0.15) is 12.1 Å². The first kappa shape index (κ1) is 29.9. The number of hydrogen-bond acceptors (Lipinski definition) is 6. The van der Waals surface area contributed by atoms with E-state index in [9.17, 15) is 9.59 Å². The molecule has 4 aliphatic carbocycles. The second-order valence-corrected chi connectivity index (χ2v) is 15.6. The molecule has 0 aromatic rings. The highest BCUT2D eigenvalue weighted by atomic mass is 16.5. The van der Waals surface area contributed by atoms with Crippen LogP contribution in [0.4, 0.5) is 0 Å². The van der Waals surface area contributed by atoms with Gasteiger partial charge < -0.3 is 18.7 Å². The van der Waals surface area contributed by atoms with Gasteiger partial charge in [0.05, 0.1) is 33.4 Å². The standard InChI is InChI=1S/C34H57N2O5/c1-6-31(38)41-32-29(36(5)16-8-7-9-17-36)21-27-25-11-10-24-20-30(40-23(2)37)28(35-14-18-39-19-15-35)22-34(24,4)26(25)12-13-33(27,32)3/h24-30,32H,6-22H2,1-5H3/q+1/t24-,25?,26?,27?,28-,29-,30-,32-,33-,34-/m0/s1. The summed E-state index contributed by atoms with van der Waals surface area (Å²) in [6.07, 6.45) is 12.6. The van der Waals surface area contributed by atoms with Crippen molar-refractivity contribution in [2.24, 2.45) is 34.5 Å². The van der Waals surface area contributed by atoms with Gasteiger partial charge in [-0.3, -0.25) is 14.5 Å². The van der Waals surface area contributed by atoms with Crippen LogP contribution in [0.3, 0.4) is 0 Å². The Bertz CT molecular complexity index is 976. The summed E-state index contributed by atoms with van der Waals surface area (Å²) in [6, 6.07) is 0.703. The molecule has 6 rings (SSSR count). The van der Waals surface area contributed by atoms with Crippen molar-refractivity contribution >= 4 is 11.9 Å². The van der Waals surface area contributed by atoms with Crippen molar-refractivity contribution in [2.45, 2.75) is 123 Å². The van der Waals surface area contributed by atoms with Gasteiger partial charge in [0.15, 0.2) is 6.10 Å². The van der Waals surface area contributed by atoms with Crippen LogP contribution in [0.1, 0.15) is 98.3 Å². The maximum Gasteiger partial charge on any atom is 0.306 e. The van der Waals surface area contributed by atoms with Crippen LogP contribution in [0, 0.1) is 34.5 Å². The molecule has 0 amide bonds. The molecule has 0 aromatic carbocycles. The normalized spacial score (nSPS) is 46.1. The molecule has 4 saturated carbocycles. The van der Waals surface area contributed by atoms with Crippen LogP contribution in [0.15, 0.2) is 0 Å². The number of morpholine rings is 1. The van der Waals surface area contributed by atoms with Crippen molar-refractivity contribution in [3.8, 4) is 0 Å². The lowest BCUT2D eigenvalue weighted by Crippen LogP contribution is -2.62. The Kier molecular flexibility index (Phi) is 8.30.